The number of nitrogens with one attached hydrogen (secondary N) is 1. The average Bonchev–Trinajstić information content (AvgIpc) is 2.81. The van der Waals surface area contributed by atoms with Gasteiger partial charge in [-0.1, -0.05) is 30.3 Å². The maximum absolute atomic E-state index is 12.7. The summed E-state index contributed by atoms with van der Waals surface area (Å²) in [6.45, 7) is 0.398. The Morgan fingerprint density at radius 3 is 2.39 bits per heavy atom. The summed E-state index contributed by atoms with van der Waals surface area (Å²) in [5.74, 6) is 1.15. The normalized spacial score (nSPS) is 12.6. The smallest absolute Gasteiger partial charge is 0.265 e. The number of hydrogen-bond acceptors (Lipinski definition) is 5. The Kier molecular flexibility index (Phi) is 5.75. The van der Waals surface area contributed by atoms with Gasteiger partial charge in [0.05, 0.1) is 26.5 Å². The molecule has 1 aliphatic rings. The maximum Gasteiger partial charge on any atom is 0.265 e. The van der Waals surface area contributed by atoms with E-state index < -0.39 is 0 Å². The molecule has 0 aromatic heterocycles. The number of amides is 2. The number of carbonyl (C=O) groups excluding carboxylic acids is 2. The van der Waals surface area contributed by atoms with Gasteiger partial charge in [0, 0.05) is 23.4 Å². The van der Waals surface area contributed by atoms with E-state index in [4.69, 9.17) is 14.2 Å². The lowest BCUT2D eigenvalue weighted by molar-refractivity contribution is -0.121. The lowest BCUT2D eigenvalue weighted by Crippen LogP contribution is -2.38. The molecule has 0 spiro atoms. The van der Waals surface area contributed by atoms with Gasteiger partial charge < -0.3 is 24.4 Å². The minimum Gasteiger partial charge on any atom is -0.497 e. The predicted octanol–water partition coefficient (Wildman–Crippen LogP) is 3.88. The number of hydrogen-bond donors (Lipinski definition) is 1. The monoisotopic (exact) mass is 418 g/mol. The van der Waals surface area contributed by atoms with E-state index in [-0.39, 0.29) is 18.4 Å². The first-order valence-electron chi connectivity index (χ1n) is 9.73. The van der Waals surface area contributed by atoms with E-state index in [0.717, 1.165) is 5.56 Å². The van der Waals surface area contributed by atoms with E-state index in [1.54, 1.807) is 41.3 Å². The van der Waals surface area contributed by atoms with Crippen molar-refractivity contribution in [1.29, 1.82) is 0 Å². The molecule has 0 saturated heterocycles. The number of benzene rings is 3. The number of methoxy groups -OCH3 is 2. The van der Waals surface area contributed by atoms with Crippen LogP contribution in [-0.4, -0.2) is 32.6 Å². The molecule has 1 aliphatic heterocycles. The second-order valence-electron chi connectivity index (χ2n) is 6.99. The van der Waals surface area contributed by atoms with Crippen LogP contribution in [0.4, 0.5) is 11.4 Å². The highest BCUT2D eigenvalue weighted by atomic mass is 16.5. The Morgan fingerprint density at radius 2 is 1.71 bits per heavy atom. The Hall–Kier alpha value is -4.00. The van der Waals surface area contributed by atoms with Crippen molar-refractivity contribution in [1.82, 2.24) is 0 Å². The molecule has 3 aromatic carbocycles. The fraction of sp³-hybridized carbons (Fsp3) is 0.167. The standard InChI is InChI=1S/C24H22N2O5/c1-29-19-10-17(11-20(13-19)30-2)24(28)25-18-8-9-21-22(12-18)31-15-23(27)26(21)14-16-6-4-3-5-7-16/h3-13H,14-15H2,1-2H3,(H,25,28). The molecule has 4 rings (SSSR count). The van der Waals surface area contributed by atoms with Crippen LogP contribution in [0.25, 0.3) is 0 Å². The number of carbonyl (C=O) groups is 2. The summed E-state index contributed by atoms with van der Waals surface area (Å²) >= 11 is 0. The fourth-order valence-electron chi connectivity index (χ4n) is 3.36. The van der Waals surface area contributed by atoms with Gasteiger partial charge in [-0.25, -0.2) is 0 Å². The minimum atomic E-state index is -0.315. The van der Waals surface area contributed by atoms with Crippen molar-refractivity contribution in [3.63, 3.8) is 0 Å². The number of nitrogens with zero attached hydrogens (tertiary/aromatic N) is 1. The third-order valence-electron chi connectivity index (χ3n) is 4.96. The second kappa shape index (κ2) is 8.79. The lowest BCUT2D eigenvalue weighted by atomic mass is 10.1. The summed E-state index contributed by atoms with van der Waals surface area (Å²) in [4.78, 5) is 26.9. The molecule has 158 valence electrons. The third kappa shape index (κ3) is 4.45. The van der Waals surface area contributed by atoms with Gasteiger partial charge in [0.1, 0.15) is 17.2 Å². The van der Waals surface area contributed by atoms with Crippen LogP contribution in [0.3, 0.4) is 0 Å². The summed E-state index contributed by atoms with van der Waals surface area (Å²) in [5.41, 5.74) is 2.64. The zero-order valence-corrected chi connectivity index (χ0v) is 17.3. The highest BCUT2D eigenvalue weighted by Gasteiger charge is 2.26. The van der Waals surface area contributed by atoms with Gasteiger partial charge in [0.25, 0.3) is 11.8 Å². The van der Waals surface area contributed by atoms with Crippen LogP contribution < -0.4 is 24.4 Å². The lowest BCUT2D eigenvalue weighted by Gasteiger charge is -2.29. The largest absolute Gasteiger partial charge is 0.497 e. The number of anilines is 2. The van der Waals surface area contributed by atoms with Crippen LogP contribution in [0.2, 0.25) is 0 Å². The van der Waals surface area contributed by atoms with Crippen molar-refractivity contribution < 1.29 is 23.8 Å². The highest BCUT2D eigenvalue weighted by molar-refractivity contribution is 6.05. The number of ether oxygens (including phenoxy) is 3. The molecule has 1 N–H and O–H groups in total. The topological polar surface area (TPSA) is 77.1 Å². The van der Waals surface area contributed by atoms with Crippen molar-refractivity contribution in [2.75, 3.05) is 31.0 Å². The summed E-state index contributed by atoms with van der Waals surface area (Å²) in [5, 5.41) is 2.85. The van der Waals surface area contributed by atoms with E-state index in [0.29, 0.717) is 40.7 Å². The van der Waals surface area contributed by atoms with Gasteiger partial charge in [-0.3, -0.25) is 9.59 Å². The number of fused-ring (bicyclic) bond motifs is 1. The van der Waals surface area contributed by atoms with Gasteiger partial charge >= 0.3 is 0 Å². The molecule has 0 aliphatic carbocycles. The molecule has 0 atom stereocenters. The molecular weight excluding hydrogens is 396 g/mol. The molecule has 0 fully saturated rings. The van der Waals surface area contributed by atoms with E-state index in [9.17, 15) is 9.59 Å². The van der Waals surface area contributed by atoms with Crippen LogP contribution in [-0.2, 0) is 11.3 Å². The van der Waals surface area contributed by atoms with Gasteiger partial charge in [-0.2, -0.15) is 0 Å². The van der Waals surface area contributed by atoms with Crippen LogP contribution in [0.1, 0.15) is 15.9 Å². The van der Waals surface area contributed by atoms with Crippen LogP contribution in [0.15, 0.2) is 66.7 Å². The summed E-state index contributed by atoms with van der Waals surface area (Å²) < 4.78 is 16.1. The summed E-state index contributed by atoms with van der Waals surface area (Å²) in [6, 6.07) is 20.0. The molecule has 1 heterocycles. The number of rotatable bonds is 6. The predicted molar refractivity (Wildman–Crippen MR) is 117 cm³/mol. The van der Waals surface area contributed by atoms with Crippen molar-refractivity contribution in [3.05, 3.63) is 77.9 Å². The Morgan fingerprint density at radius 1 is 1.00 bits per heavy atom. The first kappa shape index (κ1) is 20.3. The average molecular weight is 418 g/mol. The highest BCUT2D eigenvalue weighted by Crippen LogP contribution is 2.35. The van der Waals surface area contributed by atoms with Gasteiger partial charge in [0.2, 0.25) is 0 Å². The van der Waals surface area contributed by atoms with E-state index in [2.05, 4.69) is 5.32 Å². The van der Waals surface area contributed by atoms with Crippen LogP contribution in [0.5, 0.6) is 17.2 Å². The Labute approximate surface area is 180 Å². The van der Waals surface area contributed by atoms with Crippen LogP contribution in [0, 0.1) is 0 Å². The zero-order valence-electron chi connectivity index (χ0n) is 17.3. The SMILES string of the molecule is COc1cc(OC)cc(C(=O)Nc2ccc3c(c2)OCC(=O)N3Cc2ccccc2)c1. The Bertz CT molecular complexity index is 1090. The van der Waals surface area contributed by atoms with Crippen molar-refractivity contribution in [2.45, 2.75) is 6.54 Å². The van der Waals surface area contributed by atoms with E-state index >= 15 is 0 Å². The molecule has 0 unspecified atom stereocenters. The molecule has 7 heteroatoms. The van der Waals surface area contributed by atoms with Crippen molar-refractivity contribution >= 4 is 23.2 Å². The van der Waals surface area contributed by atoms with Gasteiger partial charge in [-0.05, 0) is 29.8 Å². The summed E-state index contributed by atoms with van der Waals surface area (Å²) in [6.07, 6.45) is 0. The molecule has 0 bridgehead atoms. The Balaban J connectivity index is 1.56. The van der Waals surface area contributed by atoms with Gasteiger partial charge in [-0.15, -0.1) is 0 Å². The first-order valence-corrected chi connectivity index (χ1v) is 9.73. The third-order valence-corrected chi connectivity index (χ3v) is 4.96. The molecule has 31 heavy (non-hydrogen) atoms. The molecule has 0 radical (unpaired) electrons. The van der Waals surface area contributed by atoms with E-state index in [1.807, 2.05) is 30.3 Å². The van der Waals surface area contributed by atoms with Gasteiger partial charge in [0.15, 0.2) is 6.61 Å². The van der Waals surface area contributed by atoms with Crippen molar-refractivity contribution in [2.24, 2.45) is 0 Å². The van der Waals surface area contributed by atoms with Crippen molar-refractivity contribution in [3.8, 4) is 17.2 Å². The molecule has 2 amide bonds. The second-order valence-corrected chi connectivity index (χ2v) is 6.99. The first-order chi connectivity index (χ1) is 15.1. The molecule has 7 nitrogen and oxygen atoms in total. The zero-order chi connectivity index (χ0) is 21.8. The fourth-order valence-corrected chi connectivity index (χ4v) is 3.36. The summed E-state index contributed by atoms with van der Waals surface area (Å²) in [7, 11) is 3.06. The van der Waals surface area contributed by atoms with Crippen LogP contribution >= 0.6 is 0 Å². The molecular formula is C24H22N2O5. The van der Waals surface area contributed by atoms with E-state index in [1.165, 1.54) is 14.2 Å². The quantitative estimate of drug-likeness (QED) is 0.657. The molecule has 3 aromatic rings. The molecule has 0 saturated carbocycles. The minimum absolute atomic E-state index is 0.0513. The maximum atomic E-state index is 12.7.